The van der Waals surface area contributed by atoms with E-state index in [4.69, 9.17) is 9.47 Å². The van der Waals surface area contributed by atoms with Crippen molar-refractivity contribution in [1.82, 2.24) is 10.2 Å². The number of piperazine rings is 1. The summed E-state index contributed by atoms with van der Waals surface area (Å²) in [5, 5.41) is 2.83. The number of ether oxygens (including phenoxy) is 2. The Labute approximate surface area is 161 Å². The highest BCUT2D eigenvalue weighted by molar-refractivity contribution is 6.04. The van der Waals surface area contributed by atoms with Crippen LogP contribution in [0.5, 0.6) is 5.75 Å². The summed E-state index contributed by atoms with van der Waals surface area (Å²) in [6.45, 7) is 7.16. The lowest BCUT2D eigenvalue weighted by Gasteiger charge is -2.39. The standard InChI is InChI=1S/C20H31N3O4/c1-20(2,18(24)21-10-5-15-26-3)19(25)23-13-11-22(12-14-23)16-6-8-17(27-4)9-7-16/h6-9H,5,10-15H2,1-4H3,(H,21,24). The van der Waals surface area contributed by atoms with Crippen molar-refractivity contribution in [2.24, 2.45) is 5.41 Å². The van der Waals surface area contributed by atoms with Crippen molar-refractivity contribution < 1.29 is 19.1 Å². The summed E-state index contributed by atoms with van der Waals surface area (Å²) in [6.07, 6.45) is 0.729. The molecule has 0 unspecified atom stereocenters. The predicted octanol–water partition coefficient (Wildman–Crippen LogP) is 1.52. The van der Waals surface area contributed by atoms with E-state index in [0.29, 0.717) is 26.2 Å². The minimum atomic E-state index is -1.07. The van der Waals surface area contributed by atoms with Crippen molar-refractivity contribution in [3.05, 3.63) is 24.3 Å². The highest BCUT2D eigenvalue weighted by Crippen LogP contribution is 2.23. The van der Waals surface area contributed by atoms with Gasteiger partial charge in [-0.1, -0.05) is 0 Å². The summed E-state index contributed by atoms with van der Waals surface area (Å²) in [6, 6.07) is 7.91. The Morgan fingerprint density at radius 3 is 2.26 bits per heavy atom. The molecule has 2 amide bonds. The quantitative estimate of drug-likeness (QED) is 0.549. The summed E-state index contributed by atoms with van der Waals surface area (Å²) >= 11 is 0. The van der Waals surface area contributed by atoms with E-state index in [0.717, 1.165) is 30.9 Å². The maximum Gasteiger partial charge on any atom is 0.237 e. The molecule has 1 aliphatic heterocycles. The smallest absolute Gasteiger partial charge is 0.237 e. The van der Waals surface area contributed by atoms with Gasteiger partial charge in [-0.3, -0.25) is 9.59 Å². The molecule has 1 aromatic carbocycles. The Morgan fingerprint density at radius 1 is 1.07 bits per heavy atom. The third-order valence-corrected chi connectivity index (χ3v) is 4.92. The lowest BCUT2D eigenvalue weighted by atomic mass is 9.90. The number of carbonyl (C=O) groups excluding carboxylic acids is 2. The normalized spacial score (nSPS) is 14.8. The van der Waals surface area contributed by atoms with Crippen molar-refractivity contribution >= 4 is 17.5 Å². The number of amides is 2. The molecule has 0 radical (unpaired) electrons. The predicted molar refractivity (Wildman–Crippen MR) is 105 cm³/mol. The van der Waals surface area contributed by atoms with E-state index in [-0.39, 0.29) is 11.8 Å². The van der Waals surface area contributed by atoms with Gasteiger partial charge in [0.1, 0.15) is 11.2 Å². The van der Waals surface area contributed by atoms with Crippen LogP contribution >= 0.6 is 0 Å². The van der Waals surface area contributed by atoms with E-state index in [1.807, 2.05) is 24.3 Å². The van der Waals surface area contributed by atoms with Crippen molar-refractivity contribution in [1.29, 1.82) is 0 Å². The minimum absolute atomic E-state index is 0.124. The zero-order valence-corrected chi connectivity index (χ0v) is 16.8. The van der Waals surface area contributed by atoms with E-state index in [2.05, 4.69) is 10.2 Å². The monoisotopic (exact) mass is 377 g/mol. The first kappa shape index (κ1) is 21.0. The minimum Gasteiger partial charge on any atom is -0.497 e. The van der Waals surface area contributed by atoms with Gasteiger partial charge in [-0.25, -0.2) is 0 Å². The van der Waals surface area contributed by atoms with Crippen molar-refractivity contribution in [3.8, 4) is 5.75 Å². The van der Waals surface area contributed by atoms with Crippen LogP contribution in [0, 0.1) is 5.41 Å². The molecular formula is C20H31N3O4. The summed E-state index contributed by atoms with van der Waals surface area (Å²) in [5.74, 6) is 0.466. The number of nitrogens with one attached hydrogen (secondary N) is 1. The maximum atomic E-state index is 12.9. The molecule has 2 rings (SSSR count). The Morgan fingerprint density at radius 2 is 1.70 bits per heavy atom. The summed E-state index contributed by atoms with van der Waals surface area (Å²) in [7, 11) is 3.27. The van der Waals surface area contributed by atoms with Gasteiger partial charge in [-0.15, -0.1) is 0 Å². The highest BCUT2D eigenvalue weighted by atomic mass is 16.5. The fourth-order valence-electron chi connectivity index (χ4n) is 3.09. The molecule has 1 aromatic rings. The Hall–Kier alpha value is -2.28. The molecule has 0 aromatic heterocycles. The fraction of sp³-hybridized carbons (Fsp3) is 0.600. The molecule has 1 fully saturated rings. The molecule has 1 aliphatic rings. The lowest BCUT2D eigenvalue weighted by Crippen LogP contribution is -2.55. The number of hydrogen-bond donors (Lipinski definition) is 1. The van der Waals surface area contributed by atoms with E-state index in [1.54, 1.807) is 33.0 Å². The van der Waals surface area contributed by atoms with Crippen molar-refractivity contribution in [2.75, 3.05) is 58.5 Å². The molecule has 1 heterocycles. The average Bonchev–Trinajstić information content (AvgIpc) is 2.70. The topological polar surface area (TPSA) is 71.1 Å². The second-order valence-corrected chi connectivity index (χ2v) is 7.20. The van der Waals surface area contributed by atoms with Gasteiger partial charge < -0.3 is 24.6 Å². The molecule has 1 N–H and O–H groups in total. The SMILES string of the molecule is COCCCNC(=O)C(C)(C)C(=O)N1CCN(c2ccc(OC)cc2)CC1. The zero-order valence-electron chi connectivity index (χ0n) is 16.8. The molecule has 7 heteroatoms. The highest BCUT2D eigenvalue weighted by Gasteiger charge is 2.39. The summed E-state index contributed by atoms with van der Waals surface area (Å²) < 4.78 is 10.2. The number of hydrogen-bond acceptors (Lipinski definition) is 5. The number of nitrogens with zero attached hydrogens (tertiary/aromatic N) is 2. The molecular weight excluding hydrogens is 346 g/mol. The summed E-state index contributed by atoms with van der Waals surface area (Å²) in [4.78, 5) is 29.3. The van der Waals surface area contributed by atoms with E-state index < -0.39 is 5.41 Å². The van der Waals surface area contributed by atoms with Gasteiger partial charge in [0.05, 0.1) is 7.11 Å². The zero-order chi connectivity index (χ0) is 19.9. The second-order valence-electron chi connectivity index (χ2n) is 7.20. The van der Waals surface area contributed by atoms with Crippen LogP contribution in [0.1, 0.15) is 20.3 Å². The maximum absolute atomic E-state index is 12.9. The van der Waals surface area contributed by atoms with Gasteiger partial charge in [0.25, 0.3) is 0 Å². The Balaban J connectivity index is 1.87. The molecule has 0 atom stereocenters. The number of benzene rings is 1. The van der Waals surface area contributed by atoms with Crippen LogP contribution in [-0.4, -0.2) is 70.3 Å². The van der Waals surface area contributed by atoms with E-state index in [1.165, 1.54) is 0 Å². The molecule has 0 bridgehead atoms. The van der Waals surface area contributed by atoms with Crippen LogP contribution in [-0.2, 0) is 14.3 Å². The molecule has 0 saturated carbocycles. The van der Waals surface area contributed by atoms with Crippen LogP contribution in [0.15, 0.2) is 24.3 Å². The number of carbonyl (C=O) groups is 2. The lowest BCUT2D eigenvalue weighted by molar-refractivity contribution is -0.148. The summed E-state index contributed by atoms with van der Waals surface area (Å²) in [5.41, 5.74) is 0.0352. The van der Waals surface area contributed by atoms with Crippen LogP contribution in [0.3, 0.4) is 0 Å². The average molecular weight is 377 g/mol. The van der Waals surface area contributed by atoms with E-state index in [9.17, 15) is 9.59 Å². The van der Waals surface area contributed by atoms with E-state index >= 15 is 0 Å². The van der Waals surface area contributed by atoms with Crippen LogP contribution in [0.4, 0.5) is 5.69 Å². The largest absolute Gasteiger partial charge is 0.497 e. The van der Waals surface area contributed by atoms with Gasteiger partial charge in [-0.05, 0) is 44.5 Å². The fourth-order valence-corrected chi connectivity index (χ4v) is 3.09. The second kappa shape index (κ2) is 9.60. The first-order valence-corrected chi connectivity index (χ1v) is 9.35. The van der Waals surface area contributed by atoms with Crippen molar-refractivity contribution in [2.45, 2.75) is 20.3 Å². The number of methoxy groups -OCH3 is 2. The first-order valence-electron chi connectivity index (χ1n) is 9.35. The third kappa shape index (κ3) is 5.35. The van der Waals surface area contributed by atoms with Gasteiger partial charge in [0.15, 0.2) is 0 Å². The Kier molecular flexibility index (Phi) is 7.47. The van der Waals surface area contributed by atoms with Crippen LogP contribution in [0.2, 0.25) is 0 Å². The van der Waals surface area contributed by atoms with Crippen LogP contribution in [0.25, 0.3) is 0 Å². The van der Waals surface area contributed by atoms with Gasteiger partial charge in [-0.2, -0.15) is 0 Å². The van der Waals surface area contributed by atoms with Crippen LogP contribution < -0.4 is 15.0 Å². The molecule has 7 nitrogen and oxygen atoms in total. The third-order valence-electron chi connectivity index (χ3n) is 4.92. The van der Waals surface area contributed by atoms with Gasteiger partial charge in [0, 0.05) is 52.1 Å². The molecule has 0 spiro atoms. The number of anilines is 1. The number of rotatable bonds is 8. The van der Waals surface area contributed by atoms with Gasteiger partial charge >= 0.3 is 0 Å². The van der Waals surface area contributed by atoms with Gasteiger partial charge in [0.2, 0.25) is 11.8 Å². The van der Waals surface area contributed by atoms with Crippen molar-refractivity contribution in [3.63, 3.8) is 0 Å². The molecule has 0 aliphatic carbocycles. The molecule has 150 valence electrons. The Bertz CT molecular complexity index is 623. The molecule has 1 saturated heterocycles. The first-order chi connectivity index (χ1) is 12.9. The molecule has 27 heavy (non-hydrogen) atoms.